The maximum absolute atomic E-state index is 13.1. The molecule has 0 aromatic heterocycles. The fraction of sp³-hybridized carbons (Fsp3) is 0.136. The number of nitrogens with zero attached hydrogens (tertiary/aromatic N) is 1. The van der Waals surface area contributed by atoms with Gasteiger partial charge in [0.1, 0.15) is 0 Å². The van der Waals surface area contributed by atoms with Crippen LogP contribution in [-0.2, 0) is 16.4 Å². The zero-order valence-corrected chi connectivity index (χ0v) is 17.9. The lowest BCUT2D eigenvalue weighted by Crippen LogP contribution is -2.35. The van der Waals surface area contributed by atoms with Gasteiger partial charge in [-0.15, -0.1) is 0 Å². The van der Waals surface area contributed by atoms with Crippen molar-refractivity contribution in [2.75, 3.05) is 16.2 Å². The molecule has 0 unspecified atom stereocenters. The standard InChI is InChI=1S/C22H19BrN2O3S/c23-18-7-4-8-19(15-18)24-22(26)17-11-12-21-16(14-17)6-5-13-25(21)29(27,28)20-9-2-1-3-10-20/h1-4,7-12,14-15H,5-6,13H2,(H,24,26). The summed E-state index contributed by atoms with van der Waals surface area (Å²) in [6, 6.07) is 21.0. The van der Waals surface area contributed by atoms with Crippen molar-refractivity contribution in [2.24, 2.45) is 0 Å². The molecule has 29 heavy (non-hydrogen) atoms. The first-order chi connectivity index (χ1) is 13.9. The van der Waals surface area contributed by atoms with Crippen molar-refractivity contribution in [3.05, 3.63) is 88.4 Å². The third-order valence-electron chi connectivity index (χ3n) is 4.83. The quantitative estimate of drug-likeness (QED) is 0.592. The highest BCUT2D eigenvalue weighted by Gasteiger charge is 2.29. The molecule has 0 aliphatic carbocycles. The van der Waals surface area contributed by atoms with Crippen LogP contribution in [-0.4, -0.2) is 20.9 Å². The van der Waals surface area contributed by atoms with Crippen LogP contribution in [0, 0.1) is 0 Å². The van der Waals surface area contributed by atoms with Crippen molar-refractivity contribution >= 4 is 43.2 Å². The van der Waals surface area contributed by atoms with Crippen molar-refractivity contribution in [3.63, 3.8) is 0 Å². The first kappa shape index (κ1) is 19.7. The first-order valence-electron chi connectivity index (χ1n) is 9.23. The van der Waals surface area contributed by atoms with Gasteiger partial charge in [0.05, 0.1) is 10.6 Å². The van der Waals surface area contributed by atoms with Gasteiger partial charge in [-0.25, -0.2) is 8.42 Å². The van der Waals surface area contributed by atoms with Gasteiger partial charge in [0.2, 0.25) is 0 Å². The lowest BCUT2D eigenvalue weighted by Gasteiger charge is -2.30. The number of amides is 1. The van der Waals surface area contributed by atoms with E-state index in [0.717, 1.165) is 16.5 Å². The molecule has 0 bridgehead atoms. The van der Waals surface area contributed by atoms with Crippen molar-refractivity contribution in [1.82, 2.24) is 0 Å². The molecule has 3 aromatic rings. The van der Waals surface area contributed by atoms with Gasteiger partial charge >= 0.3 is 0 Å². The highest BCUT2D eigenvalue weighted by atomic mass is 79.9. The van der Waals surface area contributed by atoms with Gasteiger partial charge < -0.3 is 5.32 Å². The molecule has 4 rings (SSSR count). The van der Waals surface area contributed by atoms with Crippen LogP contribution in [0.15, 0.2) is 82.2 Å². The Labute approximate surface area is 178 Å². The maximum Gasteiger partial charge on any atom is 0.264 e. The van der Waals surface area contributed by atoms with Crippen LogP contribution in [0.1, 0.15) is 22.3 Å². The van der Waals surface area contributed by atoms with E-state index >= 15 is 0 Å². The number of rotatable bonds is 4. The number of sulfonamides is 1. The molecule has 1 N–H and O–H groups in total. The van der Waals surface area contributed by atoms with Gasteiger partial charge in [-0.2, -0.15) is 0 Å². The summed E-state index contributed by atoms with van der Waals surface area (Å²) in [6.45, 7) is 0.424. The van der Waals surface area contributed by atoms with Crippen LogP contribution in [0.25, 0.3) is 0 Å². The second-order valence-electron chi connectivity index (χ2n) is 6.80. The van der Waals surface area contributed by atoms with Crippen molar-refractivity contribution in [1.29, 1.82) is 0 Å². The number of aryl methyl sites for hydroxylation is 1. The van der Waals surface area contributed by atoms with Gasteiger partial charge in [0.15, 0.2) is 0 Å². The number of halogens is 1. The van der Waals surface area contributed by atoms with Gasteiger partial charge in [-0.1, -0.05) is 40.2 Å². The molecule has 0 saturated heterocycles. The Balaban J connectivity index is 1.63. The number of carbonyl (C=O) groups excluding carboxylic acids is 1. The number of benzene rings is 3. The molecule has 1 amide bonds. The van der Waals surface area contributed by atoms with E-state index in [2.05, 4.69) is 21.2 Å². The summed E-state index contributed by atoms with van der Waals surface area (Å²) in [7, 11) is -3.63. The molecule has 5 nitrogen and oxygen atoms in total. The second-order valence-corrected chi connectivity index (χ2v) is 9.58. The van der Waals surface area contributed by atoms with E-state index in [1.54, 1.807) is 48.5 Å². The van der Waals surface area contributed by atoms with Gasteiger partial charge in [-0.3, -0.25) is 9.10 Å². The summed E-state index contributed by atoms with van der Waals surface area (Å²) in [5.74, 6) is -0.228. The summed E-state index contributed by atoms with van der Waals surface area (Å²) in [6.07, 6.45) is 1.43. The Morgan fingerprint density at radius 1 is 0.966 bits per heavy atom. The van der Waals surface area contributed by atoms with Crippen LogP contribution >= 0.6 is 15.9 Å². The zero-order valence-electron chi connectivity index (χ0n) is 15.5. The minimum atomic E-state index is -3.63. The van der Waals surface area contributed by atoms with Crippen molar-refractivity contribution in [3.8, 4) is 0 Å². The summed E-state index contributed by atoms with van der Waals surface area (Å²) in [5, 5.41) is 2.87. The third-order valence-corrected chi connectivity index (χ3v) is 7.15. The lowest BCUT2D eigenvalue weighted by atomic mass is 10.0. The average molecular weight is 471 g/mol. The Morgan fingerprint density at radius 3 is 2.52 bits per heavy atom. The highest BCUT2D eigenvalue weighted by Crippen LogP contribution is 2.33. The van der Waals surface area contributed by atoms with Crippen LogP contribution < -0.4 is 9.62 Å². The van der Waals surface area contributed by atoms with Crippen molar-refractivity contribution in [2.45, 2.75) is 17.7 Å². The zero-order chi connectivity index (χ0) is 20.4. The summed E-state index contributed by atoms with van der Waals surface area (Å²) >= 11 is 3.39. The molecule has 0 atom stereocenters. The Morgan fingerprint density at radius 2 is 1.76 bits per heavy atom. The van der Waals surface area contributed by atoms with E-state index in [-0.39, 0.29) is 10.8 Å². The van der Waals surface area contributed by atoms with Gasteiger partial charge in [0.25, 0.3) is 15.9 Å². The highest BCUT2D eigenvalue weighted by molar-refractivity contribution is 9.10. The van der Waals surface area contributed by atoms with Crippen LogP contribution in [0.2, 0.25) is 0 Å². The maximum atomic E-state index is 13.1. The lowest BCUT2D eigenvalue weighted by molar-refractivity contribution is 0.102. The minimum Gasteiger partial charge on any atom is -0.322 e. The predicted octanol–water partition coefficient (Wildman–Crippen LogP) is 4.84. The van der Waals surface area contributed by atoms with E-state index in [0.29, 0.717) is 29.9 Å². The number of hydrogen-bond donors (Lipinski definition) is 1. The fourth-order valence-corrected chi connectivity index (χ4v) is 5.40. The number of nitrogens with one attached hydrogen (secondary N) is 1. The molecule has 148 valence electrons. The molecule has 1 aliphatic rings. The molecule has 0 spiro atoms. The number of carbonyl (C=O) groups is 1. The van der Waals surface area contributed by atoms with Crippen LogP contribution in [0.4, 0.5) is 11.4 Å². The topological polar surface area (TPSA) is 66.5 Å². The van der Waals surface area contributed by atoms with E-state index in [9.17, 15) is 13.2 Å². The average Bonchev–Trinajstić information content (AvgIpc) is 2.73. The second kappa shape index (κ2) is 8.00. The largest absolute Gasteiger partial charge is 0.322 e. The predicted molar refractivity (Wildman–Crippen MR) is 118 cm³/mol. The van der Waals surface area contributed by atoms with E-state index < -0.39 is 10.0 Å². The molecule has 7 heteroatoms. The summed E-state index contributed by atoms with van der Waals surface area (Å²) in [4.78, 5) is 12.9. The van der Waals surface area contributed by atoms with E-state index in [4.69, 9.17) is 0 Å². The van der Waals surface area contributed by atoms with Gasteiger partial charge in [-0.05, 0) is 66.9 Å². The Hall–Kier alpha value is -2.64. The smallest absolute Gasteiger partial charge is 0.264 e. The monoisotopic (exact) mass is 470 g/mol. The van der Waals surface area contributed by atoms with Crippen LogP contribution in [0.5, 0.6) is 0 Å². The molecule has 0 fully saturated rings. The minimum absolute atomic E-state index is 0.228. The molecule has 0 radical (unpaired) electrons. The van der Waals surface area contributed by atoms with E-state index in [1.165, 1.54) is 4.31 Å². The van der Waals surface area contributed by atoms with Crippen LogP contribution in [0.3, 0.4) is 0 Å². The number of fused-ring (bicyclic) bond motifs is 1. The fourth-order valence-electron chi connectivity index (χ4n) is 3.44. The molecule has 1 heterocycles. The van der Waals surface area contributed by atoms with Gasteiger partial charge in [0, 0.05) is 22.3 Å². The third kappa shape index (κ3) is 4.06. The van der Waals surface area contributed by atoms with E-state index in [1.807, 2.05) is 24.3 Å². The van der Waals surface area contributed by atoms with Crippen molar-refractivity contribution < 1.29 is 13.2 Å². The number of anilines is 2. The SMILES string of the molecule is O=C(Nc1cccc(Br)c1)c1ccc2c(c1)CCCN2S(=O)(=O)c1ccccc1. The number of hydrogen-bond acceptors (Lipinski definition) is 3. The molecule has 3 aromatic carbocycles. The summed E-state index contributed by atoms with van der Waals surface area (Å²) in [5.41, 5.74) is 2.69. The Kier molecular flexibility index (Phi) is 5.43. The summed E-state index contributed by atoms with van der Waals surface area (Å²) < 4.78 is 28.5. The Bertz CT molecular complexity index is 1160. The normalized spacial score (nSPS) is 13.6. The molecule has 0 saturated carbocycles. The first-order valence-corrected chi connectivity index (χ1v) is 11.5. The molecular weight excluding hydrogens is 452 g/mol. The molecule has 1 aliphatic heterocycles. The molecular formula is C22H19BrN2O3S.